The fourth-order valence-electron chi connectivity index (χ4n) is 2.38. The minimum atomic E-state index is -0.595. The second-order valence-electron chi connectivity index (χ2n) is 5.32. The van der Waals surface area contributed by atoms with E-state index in [1.165, 1.54) is 0 Å². The lowest BCUT2D eigenvalue weighted by molar-refractivity contribution is 0.0668. The van der Waals surface area contributed by atoms with Gasteiger partial charge in [-0.05, 0) is 25.5 Å². The Morgan fingerprint density at radius 1 is 1.32 bits per heavy atom. The molecule has 5 nitrogen and oxygen atoms in total. The number of likely N-dealkylation sites (tertiary alicyclic amines) is 1. The van der Waals surface area contributed by atoms with Gasteiger partial charge in [0.25, 0.3) is 0 Å². The van der Waals surface area contributed by atoms with E-state index in [0.29, 0.717) is 24.9 Å². The zero-order chi connectivity index (χ0) is 13.3. The quantitative estimate of drug-likeness (QED) is 0.909. The van der Waals surface area contributed by atoms with E-state index in [-0.39, 0.29) is 0 Å². The summed E-state index contributed by atoms with van der Waals surface area (Å²) in [5, 5.41) is 18.0. The monoisotopic (exact) mass is 259 g/mol. The van der Waals surface area contributed by atoms with Gasteiger partial charge in [0, 0.05) is 18.7 Å². The largest absolute Gasteiger partial charge is 0.419 e. The highest BCUT2D eigenvalue weighted by molar-refractivity contribution is 5.51. The molecule has 0 bridgehead atoms. The number of aromatic nitrogens is 2. The Bertz CT molecular complexity index is 551. The molecular weight excluding hydrogens is 242 g/mol. The lowest BCUT2D eigenvalue weighted by Crippen LogP contribution is -2.29. The molecule has 2 aromatic rings. The van der Waals surface area contributed by atoms with Crippen molar-refractivity contribution in [1.29, 1.82) is 0 Å². The molecule has 1 aliphatic heterocycles. The number of nitrogens with zero attached hydrogens (tertiary/aromatic N) is 3. The maximum Gasteiger partial charge on any atom is 0.247 e. The maximum atomic E-state index is 9.92. The summed E-state index contributed by atoms with van der Waals surface area (Å²) in [6, 6.07) is 9.72. The first-order valence-electron chi connectivity index (χ1n) is 6.45. The first-order chi connectivity index (χ1) is 9.12. The Labute approximate surface area is 111 Å². The summed E-state index contributed by atoms with van der Waals surface area (Å²) in [5.41, 5.74) is 0.331. The van der Waals surface area contributed by atoms with Gasteiger partial charge < -0.3 is 9.52 Å². The van der Waals surface area contributed by atoms with Crippen LogP contribution < -0.4 is 0 Å². The van der Waals surface area contributed by atoms with Crippen molar-refractivity contribution >= 4 is 0 Å². The molecule has 0 aliphatic carbocycles. The van der Waals surface area contributed by atoms with E-state index >= 15 is 0 Å². The van der Waals surface area contributed by atoms with Gasteiger partial charge >= 0.3 is 0 Å². The van der Waals surface area contributed by atoms with Gasteiger partial charge in [-0.25, -0.2) is 0 Å². The molecule has 2 heterocycles. The SMILES string of the molecule is CC1(O)CCN(Cc2nnc(-c3ccccc3)o2)C1. The molecule has 1 fully saturated rings. The molecule has 1 unspecified atom stereocenters. The molecule has 1 saturated heterocycles. The molecule has 0 radical (unpaired) electrons. The third-order valence-corrected chi connectivity index (χ3v) is 3.38. The lowest BCUT2D eigenvalue weighted by Gasteiger charge is -2.16. The molecule has 0 saturated carbocycles. The predicted octanol–water partition coefficient (Wildman–Crippen LogP) is 1.69. The third-order valence-electron chi connectivity index (χ3n) is 3.38. The van der Waals surface area contributed by atoms with Crippen LogP contribution in [0.4, 0.5) is 0 Å². The van der Waals surface area contributed by atoms with Crippen LogP contribution in [0.15, 0.2) is 34.7 Å². The van der Waals surface area contributed by atoms with Gasteiger partial charge in [-0.1, -0.05) is 18.2 Å². The van der Waals surface area contributed by atoms with Crippen LogP contribution in [0.25, 0.3) is 11.5 Å². The van der Waals surface area contributed by atoms with Crippen LogP contribution in [-0.2, 0) is 6.54 Å². The summed E-state index contributed by atoms with van der Waals surface area (Å²) < 4.78 is 5.65. The highest BCUT2D eigenvalue weighted by atomic mass is 16.4. The van der Waals surface area contributed by atoms with Gasteiger partial charge in [0.05, 0.1) is 12.1 Å². The molecular formula is C14H17N3O2. The highest BCUT2D eigenvalue weighted by Gasteiger charge is 2.31. The van der Waals surface area contributed by atoms with E-state index in [0.717, 1.165) is 18.5 Å². The van der Waals surface area contributed by atoms with E-state index in [2.05, 4.69) is 15.1 Å². The van der Waals surface area contributed by atoms with E-state index in [9.17, 15) is 5.11 Å². The van der Waals surface area contributed by atoms with Crippen LogP contribution in [0.2, 0.25) is 0 Å². The zero-order valence-corrected chi connectivity index (χ0v) is 10.9. The van der Waals surface area contributed by atoms with Crippen molar-refractivity contribution in [3.8, 4) is 11.5 Å². The van der Waals surface area contributed by atoms with Crippen molar-refractivity contribution < 1.29 is 9.52 Å². The van der Waals surface area contributed by atoms with Gasteiger partial charge in [0.2, 0.25) is 11.8 Å². The normalized spacial score (nSPS) is 23.9. The maximum absolute atomic E-state index is 9.92. The number of hydrogen-bond acceptors (Lipinski definition) is 5. The molecule has 0 spiro atoms. The van der Waals surface area contributed by atoms with Crippen LogP contribution in [0.5, 0.6) is 0 Å². The lowest BCUT2D eigenvalue weighted by atomic mass is 10.1. The molecule has 5 heteroatoms. The highest BCUT2D eigenvalue weighted by Crippen LogP contribution is 2.23. The second kappa shape index (κ2) is 4.75. The molecule has 19 heavy (non-hydrogen) atoms. The zero-order valence-electron chi connectivity index (χ0n) is 10.9. The third kappa shape index (κ3) is 2.83. The first-order valence-corrected chi connectivity index (χ1v) is 6.45. The van der Waals surface area contributed by atoms with E-state index < -0.39 is 5.60 Å². The number of rotatable bonds is 3. The first kappa shape index (κ1) is 12.3. The minimum Gasteiger partial charge on any atom is -0.419 e. The molecule has 1 aliphatic rings. The molecule has 1 atom stereocenters. The molecule has 0 amide bonds. The topological polar surface area (TPSA) is 62.4 Å². The van der Waals surface area contributed by atoms with E-state index in [4.69, 9.17) is 4.42 Å². The van der Waals surface area contributed by atoms with Crippen molar-refractivity contribution in [2.45, 2.75) is 25.5 Å². The Morgan fingerprint density at radius 3 is 2.79 bits per heavy atom. The number of hydrogen-bond donors (Lipinski definition) is 1. The molecule has 3 rings (SSSR count). The Balaban J connectivity index is 1.69. The number of aliphatic hydroxyl groups is 1. The fraction of sp³-hybridized carbons (Fsp3) is 0.429. The minimum absolute atomic E-state index is 0.543. The fourth-order valence-corrected chi connectivity index (χ4v) is 2.38. The summed E-state index contributed by atoms with van der Waals surface area (Å²) in [5.74, 6) is 1.14. The van der Waals surface area contributed by atoms with Crippen LogP contribution in [0.3, 0.4) is 0 Å². The van der Waals surface area contributed by atoms with Crippen LogP contribution in [0.1, 0.15) is 19.2 Å². The Kier molecular flexibility index (Phi) is 3.08. The van der Waals surface area contributed by atoms with Crippen molar-refractivity contribution in [3.05, 3.63) is 36.2 Å². The van der Waals surface area contributed by atoms with Crippen molar-refractivity contribution in [2.24, 2.45) is 0 Å². The number of β-amino-alcohol motifs (C(OH)–C–C–N with tert-alkyl or cyclic N) is 1. The summed E-state index contributed by atoms with van der Waals surface area (Å²) in [6.45, 7) is 3.96. The molecule has 1 aromatic heterocycles. The summed E-state index contributed by atoms with van der Waals surface area (Å²) in [7, 11) is 0. The van der Waals surface area contributed by atoms with Gasteiger partial charge in [-0.3, -0.25) is 4.90 Å². The smallest absolute Gasteiger partial charge is 0.247 e. The van der Waals surface area contributed by atoms with Gasteiger partial charge in [-0.2, -0.15) is 0 Å². The van der Waals surface area contributed by atoms with E-state index in [1.54, 1.807) is 0 Å². The van der Waals surface area contributed by atoms with E-state index in [1.807, 2.05) is 37.3 Å². The summed E-state index contributed by atoms with van der Waals surface area (Å²) in [4.78, 5) is 2.13. The van der Waals surface area contributed by atoms with Gasteiger partial charge in [-0.15, -0.1) is 10.2 Å². The van der Waals surface area contributed by atoms with Gasteiger partial charge in [0.1, 0.15) is 0 Å². The van der Waals surface area contributed by atoms with Crippen LogP contribution in [-0.4, -0.2) is 38.9 Å². The van der Waals surface area contributed by atoms with Crippen molar-refractivity contribution in [2.75, 3.05) is 13.1 Å². The predicted molar refractivity (Wildman–Crippen MR) is 70.3 cm³/mol. The summed E-state index contributed by atoms with van der Waals surface area (Å²) in [6.07, 6.45) is 0.784. The standard InChI is InChI=1S/C14H17N3O2/c1-14(18)7-8-17(10-14)9-12-15-16-13(19-12)11-5-3-2-4-6-11/h2-6,18H,7-10H2,1H3. The number of benzene rings is 1. The van der Waals surface area contributed by atoms with Crippen molar-refractivity contribution in [3.63, 3.8) is 0 Å². The van der Waals surface area contributed by atoms with Crippen molar-refractivity contribution in [1.82, 2.24) is 15.1 Å². The summed E-state index contributed by atoms with van der Waals surface area (Å²) >= 11 is 0. The molecule has 1 aromatic carbocycles. The Hall–Kier alpha value is -1.72. The average Bonchev–Trinajstić information content (AvgIpc) is 2.98. The van der Waals surface area contributed by atoms with Crippen LogP contribution >= 0.6 is 0 Å². The molecule has 100 valence electrons. The van der Waals surface area contributed by atoms with Gasteiger partial charge in [0.15, 0.2) is 0 Å². The average molecular weight is 259 g/mol. The molecule has 1 N–H and O–H groups in total. The second-order valence-corrected chi connectivity index (χ2v) is 5.32. The Morgan fingerprint density at radius 2 is 2.11 bits per heavy atom. The van der Waals surface area contributed by atoms with Crippen LogP contribution in [0, 0.1) is 0 Å².